The molecule has 0 bridgehead atoms. The van der Waals surface area contributed by atoms with Gasteiger partial charge in [0.05, 0.1) is 26.4 Å². The molecule has 1 fully saturated rings. The summed E-state index contributed by atoms with van der Waals surface area (Å²) in [5.41, 5.74) is 0. The van der Waals surface area contributed by atoms with E-state index in [0.717, 1.165) is 24.7 Å². The zero-order valence-electron chi connectivity index (χ0n) is 18.7. The highest BCUT2D eigenvalue weighted by Gasteiger charge is 2.34. The van der Waals surface area contributed by atoms with Crippen LogP contribution in [0.15, 0.2) is 0 Å². The van der Waals surface area contributed by atoms with Gasteiger partial charge in [0.25, 0.3) is 0 Å². The highest BCUT2D eigenvalue weighted by Crippen LogP contribution is 2.45. The van der Waals surface area contributed by atoms with Gasteiger partial charge in [-0.2, -0.15) is 0 Å². The van der Waals surface area contributed by atoms with Crippen LogP contribution in [-0.4, -0.2) is 64.8 Å². The number of ether oxygens (including phenoxy) is 1. The first-order valence-corrected chi connectivity index (χ1v) is 13.0. The van der Waals surface area contributed by atoms with Gasteiger partial charge in [-0.3, -0.25) is 13.8 Å². The Morgan fingerprint density at radius 3 is 2.23 bits per heavy atom. The number of aliphatic hydroxyl groups excluding tert-OH is 3. The summed E-state index contributed by atoms with van der Waals surface area (Å²) >= 11 is 0. The van der Waals surface area contributed by atoms with Crippen LogP contribution in [-0.2, 0) is 23.1 Å². The van der Waals surface area contributed by atoms with E-state index >= 15 is 0 Å². The molecule has 184 valence electrons. The first kappa shape index (κ1) is 28.5. The number of phosphoric ester groups is 1. The first-order chi connectivity index (χ1) is 14.8. The lowest BCUT2D eigenvalue weighted by Crippen LogP contribution is -2.27. The molecule has 9 nitrogen and oxygen atoms in total. The zero-order chi connectivity index (χ0) is 23.1. The topological polar surface area (TPSA) is 143 Å². The second-order valence-corrected chi connectivity index (χ2v) is 9.85. The van der Waals surface area contributed by atoms with Crippen LogP contribution in [0.4, 0.5) is 0 Å². The Morgan fingerprint density at radius 2 is 1.58 bits per heavy atom. The molecule has 0 heterocycles. The molecule has 0 saturated heterocycles. The first-order valence-electron chi connectivity index (χ1n) is 11.5. The molecule has 1 rings (SSSR count). The number of hydrogen-bond acceptors (Lipinski definition) is 8. The van der Waals surface area contributed by atoms with Gasteiger partial charge in [-0.25, -0.2) is 4.57 Å². The zero-order valence-corrected chi connectivity index (χ0v) is 19.6. The second kappa shape index (κ2) is 16.1. The number of hydrogen-bond donors (Lipinski definition) is 4. The van der Waals surface area contributed by atoms with Crippen LogP contribution in [0.25, 0.3) is 0 Å². The molecule has 0 aliphatic heterocycles. The van der Waals surface area contributed by atoms with Gasteiger partial charge in [-0.15, -0.1) is 0 Å². The summed E-state index contributed by atoms with van der Waals surface area (Å²) in [7, 11) is -4.49. The number of carbonyl (C=O) groups is 1. The van der Waals surface area contributed by atoms with Crippen molar-refractivity contribution in [3.05, 3.63) is 0 Å². The number of esters is 1. The molecule has 4 N–H and O–H groups in total. The summed E-state index contributed by atoms with van der Waals surface area (Å²) in [6.45, 7) is -0.0651. The number of rotatable bonds is 20. The van der Waals surface area contributed by atoms with Gasteiger partial charge in [0.15, 0.2) is 0 Å². The van der Waals surface area contributed by atoms with Gasteiger partial charge >= 0.3 is 13.8 Å². The maximum absolute atomic E-state index is 11.9. The summed E-state index contributed by atoms with van der Waals surface area (Å²) in [6.07, 6.45) is 9.71. The van der Waals surface area contributed by atoms with Gasteiger partial charge in [0, 0.05) is 6.42 Å². The van der Waals surface area contributed by atoms with Crippen molar-refractivity contribution in [3.8, 4) is 0 Å². The molecular weight excluding hydrogens is 427 g/mol. The molecule has 0 amide bonds. The van der Waals surface area contributed by atoms with Crippen molar-refractivity contribution in [2.75, 3.05) is 26.4 Å². The average Bonchev–Trinajstić information content (AvgIpc) is 3.50. The van der Waals surface area contributed by atoms with Crippen molar-refractivity contribution in [2.45, 2.75) is 89.8 Å². The smallest absolute Gasteiger partial charge is 0.457 e. The molecule has 10 heteroatoms. The highest BCUT2D eigenvalue weighted by molar-refractivity contribution is 7.47. The maximum Gasteiger partial charge on any atom is 0.472 e. The van der Waals surface area contributed by atoms with Gasteiger partial charge in [-0.05, 0) is 24.7 Å². The van der Waals surface area contributed by atoms with E-state index < -0.39 is 52.4 Å². The molecule has 4 unspecified atom stereocenters. The quantitative estimate of drug-likeness (QED) is 0.120. The van der Waals surface area contributed by atoms with Crippen LogP contribution in [0, 0.1) is 11.8 Å². The predicted molar refractivity (Wildman–Crippen MR) is 115 cm³/mol. The average molecular weight is 469 g/mol. The van der Waals surface area contributed by atoms with Crippen LogP contribution >= 0.6 is 7.82 Å². The SMILES string of the molecule is CCCCC1CC1CCCCCCCC(=O)O[C@H](CO)COP(=O)(O)OCC(O)CO. The van der Waals surface area contributed by atoms with Crippen LogP contribution in [0.5, 0.6) is 0 Å². The van der Waals surface area contributed by atoms with E-state index in [0.29, 0.717) is 6.42 Å². The summed E-state index contributed by atoms with van der Waals surface area (Å²) in [5.74, 6) is 1.42. The molecule has 0 radical (unpaired) electrons. The number of unbranched alkanes of at least 4 members (excludes halogenated alkanes) is 5. The molecule has 31 heavy (non-hydrogen) atoms. The molecule has 0 aromatic heterocycles. The van der Waals surface area contributed by atoms with Crippen molar-refractivity contribution < 1.29 is 43.4 Å². The molecule has 0 aromatic rings. The fourth-order valence-corrected chi connectivity index (χ4v) is 4.30. The van der Waals surface area contributed by atoms with E-state index in [1.807, 2.05) is 0 Å². The molecular formula is C21H41O9P. The normalized spacial score (nSPS) is 22.0. The fourth-order valence-electron chi connectivity index (χ4n) is 3.51. The fraction of sp³-hybridized carbons (Fsp3) is 0.952. The second-order valence-electron chi connectivity index (χ2n) is 8.40. The largest absolute Gasteiger partial charge is 0.472 e. The van der Waals surface area contributed by atoms with Gasteiger partial charge in [0.1, 0.15) is 12.2 Å². The van der Waals surface area contributed by atoms with Crippen LogP contribution in [0.3, 0.4) is 0 Å². The Morgan fingerprint density at radius 1 is 0.968 bits per heavy atom. The minimum Gasteiger partial charge on any atom is -0.457 e. The Hall–Kier alpha value is -0.540. The van der Waals surface area contributed by atoms with Crippen molar-refractivity contribution in [1.82, 2.24) is 0 Å². The van der Waals surface area contributed by atoms with Crippen LogP contribution in [0.2, 0.25) is 0 Å². The lowest BCUT2D eigenvalue weighted by atomic mass is 10.1. The molecule has 0 spiro atoms. The predicted octanol–water partition coefficient (Wildman–Crippen LogP) is 2.93. The van der Waals surface area contributed by atoms with Crippen LogP contribution in [0.1, 0.15) is 77.6 Å². The number of carbonyl (C=O) groups excluding carboxylic acids is 1. The molecule has 1 saturated carbocycles. The van der Waals surface area contributed by atoms with E-state index in [4.69, 9.17) is 14.9 Å². The van der Waals surface area contributed by atoms with E-state index in [2.05, 4.69) is 16.0 Å². The molecule has 0 aromatic carbocycles. The molecule has 1 aliphatic carbocycles. The Labute approximate surface area is 185 Å². The Kier molecular flexibility index (Phi) is 14.8. The Bertz CT molecular complexity index is 531. The summed E-state index contributed by atoms with van der Waals surface area (Å²) in [5, 5.41) is 27.0. The third-order valence-corrected chi connectivity index (χ3v) is 6.47. The summed E-state index contributed by atoms with van der Waals surface area (Å²) in [4.78, 5) is 21.4. The molecule has 1 aliphatic rings. The standard InChI is InChI=1S/C21H41O9P/c1-2-3-9-17-12-18(17)10-7-5-4-6-8-11-21(25)30-20(14-23)16-29-31(26,27)28-15-19(24)13-22/h17-20,22-24H,2-16H2,1H3,(H,26,27)/t17?,18?,19?,20-/m1/s1. The van der Waals surface area contributed by atoms with Gasteiger partial charge in [-0.1, -0.05) is 58.3 Å². The van der Waals surface area contributed by atoms with Crippen molar-refractivity contribution in [1.29, 1.82) is 0 Å². The van der Waals surface area contributed by atoms with Crippen molar-refractivity contribution in [2.24, 2.45) is 11.8 Å². The van der Waals surface area contributed by atoms with Crippen LogP contribution < -0.4 is 0 Å². The molecule has 5 atom stereocenters. The lowest BCUT2D eigenvalue weighted by Gasteiger charge is -2.18. The van der Waals surface area contributed by atoms with E-state index in [1.165, 1.54) is 44.9 Å². The van der Waals surface area contributed by atoms with E-state index in [-0.39, 0.29) is 6.42 Å². The monoisotopic (exact) mass is 468 g/mol. The van der Waals surface area contributed by atoms with Gasteiger partial charge < -0.3 is 24.9 Å². The minimum absolute atomic E-state index is 0.216. The van der Waals surface area contributed by atoms with E-state index in [9.17, 15) is 19.4 Å². The number of phosphoric acid groups is 1. The third kappa shape index (κ3) is 14.3. The van der Waals surface area contributed by atoms with E-state index in [1.54, 1.807) is 0 Å². The summed E-state index contributed by atoms with van der Waals surface area (Å²) in [6, 6.07) is 0. The maximum atomic E-state index is 11.9. The van der Waals surface area contributed by atoms with Crippen molar-refractivity contribution >= 4 is 13.8 Å². The Balaban J connectivity index is 2.05. The minimum atomic E-state index is -4.49. The van der Waals surface area contributed by atoms with Gasteiger partial charge in [0.2, 0.25) is 0 Å². The number of aliphatic hydroxyl groups is 3. The third-order valence-electron chi connectivity index (χ3n) is 5.52. The highest BCUT2D eigenvalue weighted by atomic mass is 31.2. The van der Waals surface area contributed by atoms with Crippen molar-refractivity contribution in [3.63, 3.8) is 0 Å². The summed E-state index contributed by atoms with van der Waals surface area (Å²) < 4.78 is 25.9. The lowest BCUT2D eigenvalue weighted by molar-refractivity contribution is -0.153.